The maximum absolute atomic E-state index is 11.6. The Balaban J connectivity index is 2.93. The lowest BCUT2D eigenvalue weighted by Crippen LogP contribution is -2.69. The summed E-state index contributed by atoms with van der Waals surface area (Å²) in [6, 6.07) is 0.156. The second-order valence-corrected chi connectivity index (χ2v) is 4.78. The van der Waals surface area contributed by atoms with E-state index in [9.17, 15) is 4.79 Å². The SMILES string of the molecule is CC(C)N1C(CN)C(=O)NCC1(C)C. The fraction of sp³-hybridized carbons (Fsp3) is 0.900. The van der Waals surface area contributed by atoms with Gasteiger partial charge in [0.05, 0.1) is 0 Å². The highest BCUT2D eigenvalue weighted by Crippen LogP contribution is 2.23. The fourth-order valence-electron chi connectivity index (χ4n) is 2.34. The van der Waals surface area contributed by atoms with E-state index in [4.69, 9.17) is 5.73 Å². The third-order valence-electron chi connectivity index (χ3n) is 2.81. The molecule has 0 aromatic heterocycles. The molecule has 1 aliphatic rings. The van der Waals surface area contributed by atoms with Gasteiger partial charge in [-0.3, -0.25) is 9.69 Å². The first kappa shape index (κ1) is 11.5. The van der Waals surface area contributed by atoms with Crippen molar-refractivity contribution in [1.82, 2.24) is 10.2 Å². The molecule has 0 aliphatic carbocycles. The molecule has 4 nitrogen and oxygen atoms in total. The average Bonchev–Trinajstić information content (AvgIpc) is 2.07. The van der Waals surface area contributed by atoms with Crippen molar-refractivity contribution < 1.29 is 4.79 Å². The second kappa shape index (κ2) is 3.87. The van der Waals surface area contributed by atoms with E-state index < -0.39 is 0 Å². The minimum atomic E-state index is -0.182. The Morgan fingerprint density at radius 3 is 2.57 bits per heavy atom. The van der Waals surface area contributed by atoms with Crippen LogP contribution in [-0.2, 0) is 4.79 Å². The van der Waals surface area contributed by atoms with Crippen molar-refractivity contribution in [2.75, 3.05) is 13.1 Å². The van der Waals surface area contributed by atoms with Crippen LogP contribution < -0.4 is 11.1 Å². The van der Waals surface area contributed by atoms with Crippen LogP contribution in [0.5, 0.6) is 0 Å². The van der Waals surface area contributed by atoms with E-state index in [0.29, 0.717) is 19.1 Å². The van der Waals surface area contributed by atoms with Crippen LogP contribution in [0.25, 0.3) is 0 Å². The smallest absolute Gasteiger partial charge is 0.238 e. The fourth-order valence-corrected chi connectivity index (χ4v) is 2.34. The Hall–Kier alpha value is -0.610. The maximum Gasteiger partial charge on any atom is 0.238 e. The molecule has 1 amide bonds. The van der Waals surface area contributed by atoms with Gasteiger partial charge in [-0.05, 0) is 27.7 Å². The highest BCUT2D eigenvalue weighted by molar-refractivity contribution is 5.83. The first-order valence-electron chi connectivity index (χ1n) is 5.16. The number of carbonyl (C=O) groups is 1. The van der Waals surface area contributed by atoms with E-state index in [1.807, 2.05) is 0 Å². The summed E-state index contributed by atoms with van der Waals surface area (Å²) < 4.78 is 0. The van der Waals surface area contributed by atoms with Crippen molar-refractivity contribution in [3.8, 4) is 0 Å². The Bertz CT molecular complexity index is 225. The van der Waals surface area contributed by atoms with E-state index in [0.717, 1.165) is 0 Å². The van der Waals surface area contributed by atoms with Crippen LogP contribution in [0, 0.1) is 0 Å². The van der Waals surface area contributed by atoms with Crippen molar-refractivity contribution in [2.24, 2.45) is 5.73 Å². The summed E-state index contributed by atoms with van der Waals surface area (Å²) in [6.07, 6.45) is 0. The van der Waals surface area contributed by atoms with E-state index >= 15 is 0 Å². The average molecular weight is 199 g/mol. The lowest BCUT2D eigenvalue weighted by Gasteiger charge is -2.49. The van der Waals surface area contributed by atoms with Gasteiger partial charge in [-0.1, -0.05) is 0 Å². The monoisotopic (exact) mass is 199 g/mol. The lowest BCUT2D eigenvalue weighted by atomic mass is 9.94. The number of hydrogen-bond acceptors (Lipinski definition) is 3. The number of carbonyl (C=O) groups excluding carboxylic acids is 1. The predicted molar refractivity (Wildman–Crippen MR) is 56.9 cm³/mol. The van der Waals surface area contributed by atoms with Gasteiger partial charge < -0.3 is 11.1 Å². The molecule has 14 heavy (non-hydrogen) atoms. The molecule has 1 aliphatic heterocycles. The summed E-state index contributed by atoms with van der Waals surface area (Å²) in [4.78, 5) is 13.8. The first-order valence-corrected chi connectivity index (χ1v) is 5.16. The molecule has 3 N–H and O–H groups in total. The van der Waals surface area contributed by atoms with Crippen LogP contribution in [0.3, 0.4) is 0 Å². The van der Waals surface area contributed by atoms with Gasteiger partial charge in [-0.15, -0.1) is 0 Å². The normalized spacial score (nSPS) is 27.9. The van der Waals surface area contributed by atoms with E-state index in [1.54, 1.807) is 0 Å². The molecule has 1 atom stereocenters. The number of rotatable bonds is 2. The highest BCUT2D eigenvalue weighted by Gasteiger charge is 2.41. The number of amides is 1. The van der Waals surface area contributed by atoms with Crippen molar-refractivity contribution in [3.05, 3.63) is 0 Å². The summed E-state index contributed by atoms with van der Waals surface area (Å²) >= 11 is 0. The third kappa shape index (κ3) is 1.91. The van der Waals surface area contributed by atoms with Crippen molar-refractivity contribution in [3.63, 3.8) is 0 Å². The Kier molecular flexibility index (Phi) is 3.17. The molecule has 1 rings (SSSR count). The minimum absolute atomic E-state index is 0.00782. The predicted octanol–water partition coefficient (Wildman–Crippen LogP) is -0.0675. The summed E-state index contributed by atoms with van der Waals surface area (Å²) in [5.74, 6) is 0.0560. The lowest BCUT2D eigenvalue weighted by molar-refractivity contribution is -0.135. The highest BCUT2D eigenvalue weighted by atomic mass is 16.2. The third-order valence-corrected chi connectivity index (χ3v) is 2.81. The van der Waals surface area contributed by atoms with E-state index in [1.165, 1.54) is 0 Å². The summed E-state index contributed by atoms with van der Waals surface area (Å²) in [6.45, 7) is 9.55. The number of nitrogens with one attached hydrogen (secondary N) is 1. The second-order valence-electron chi connectivity index (χ2n) is 4.78. The van der Waals surface area contributed by atoms with Gasteiger partial charge in [0.1, 0.15) is 6.04 Å². The largest absolute Gasteiger partial charge is 0.353 e. The number of hydrogen-bond donors (Lipinski definition) is 2. The zero-order chi connectivity index (χ0) is 10.9. The minimum Gasteiger partial charge on any atom is -0.353 e. The Labute approximate surface area is 85.8 Å². The van der Waals surface area contributed by atoms with Gasteiger partial charge in [0.25, 0.3) is 0 Å². The summed E-state index contributed by atoms with van der Waals surface area (Å²) in [5.41, 5.74) is 5.63. The molecule has 0 bridgehead atoms. The maximum atomic E-state index is 11.6. The zero-order valence-corrected chi connectivity index (χ0v) is 9.50. The quantitative estimate of drug-likeness (QED) is 0.654. The standard InChI is InChI=1S/C10H21N3O/c1-7(2)13-8(5-11)9(14)12-6-10(13,3)4/h7-8H,5-6,11H2,1-4H3,(H,12,14). The van der Waals surface area contributed by atoms with Gasteiger partial charge >= 0.3 is 0 Å². The molecular formula is C10H21N3O. The number of nitrogens with zero attached hydrogens (tertiary/aromatic N) is 1. The molecule has 1 unspecified atom stereocenters. The Morgan fingerprint density at radius 2 is 2.21 bits per heavy atom. The van der Waals surface area contributed by atoms with Crippen LogP contribution in [0.2, 0.25) is 0 Å². The van der Waals surface area contributed by atoms with Crippen LogP contribution >= 0.6 is 0 Å². The van der Waals surface area contributed by atoms with Crippen LogP contribution in [0.15, 0.2) is 0 Å². The number of piperazine rings is 1. The molecule has 1 fully saturated rings. The van der Waals surface area contributed by atoms with E-state index in [2.05, 4.69) is 37.9 Å². The number of nitrogens with two attached hydrogens (primary N) is 1. The summed E-state index contributed by atoms with van der Waals surface area (Å²) in [5, 5.41) is 2.90. The van der Waals surface area contributed by atoms with Gasteiger partial charge in [-0.2, -0.15) is 0 Å². The molecular weight excluding hydrogens is 178 g/mol. The molecule has 82 valence electrons. The van der Waals surface area contributed by atoms with Crippen LogP contribution in [0.1, 0.15) is 27.7 Å². The van der Waals surface area contributed by atoms with Crippen molar-refractivity contribution >= 4 is 5.91 Å². The van der Waals surface area contributed by atoms with Gasteiger partial charge in [-0.25, -0.2) is 0 Å². The molecule has 1 saturated heterocycles. The van der Waals surface area contributed by atoms with Gasteiger partial charge in [0, 0.05) is 24.7 Å². The molecule has 0 aromatic rings. The molecule has 0 radical (unpaired) electrons. The molecule has 4 heteroatoms. The van der Waals surface area contributed by atoms with Crippen molar-refractivity contribution in [2.45, 2.75) is 45.3 Å². The van der Waals surface area contributed by atoms with E-state index in [-0.39, 0.29) is 17.5 Å². The molecule has 0 aromatic carbocycles. The molecule has 0 spiro atoms. The Morgan fingerprint density at radius 1 is 1.64 bits per heavy atom. The zero-order valence-electron chi connectivity index (χ0n) is 9.50. The van der Waals surface area contributed by atoms with Gasteiger partial charge in [0.15, 0.2) is 0 Å². The van der Waals surface area contributed by atoms with Crippen LogP contribution in [-0.4, -0.2) is 41.5 Å². The first-order chi connectivity index (χ1) is 6.40. The van der Waals surface area contributed by atoms with Crippen molar-refractivity contribution in [1.29, 1.82) is 0 Å². The summed E-state index contributed by atoms with van der Waals surface area (Å²) in [7, 11) is 0. The molecule has 0 saturated carbocycles. The topological polar surface area (TPSA) is 58.4 Å². The van der Waals surface area contributed by atoms with Gasteiger partial charge in [0.2, 0.25) is 5.91 Å². The molecule has 1 heterocycles. The van der Waals surface area contributed by atoms with Crippen LogP contribution in [0.4, 0.5) is 0 Å².